The Morgan fingerprint density at radius 2 is 2.16 bits per heavy atom. The van der Waals surface area contributed by atoms with Crippen LogP contribution in [0.1, 0.15) is 6.92 Å². The van der Waals surface area contributed by atoms with Gasteiger partial charge >= 0.3 is 0 Å². The molecule has 0 radical (unpaired) electrons. The lowest BCUT2D eigenvalue weighted by Crippen LogP contribution is -2.52. The fourth-order valence-electron chi connectivity index (χ4n) is 1.95. The molecule has 8 heteroatoms. The first-order valence-corrected chi connectivity index (χ1v) is 7.84. The molecule has 1 heterocycles. The number of hydrogen-bond acceptors (Lipinski definition) is 3. The van der Waals surface area contributed by atoms with Gasteiger partial charge in [-0.25, -0.2) is 12.8 Å². The van der Waals surface area contributed by atoms with Crippen molar-refractivity contribution in [1.82, 2.24) is 9.62 Å². The minimum Gasteiger partial charge on any atom is -0.314 e. The van der Waals surface area contributed by atoms with Crippen molar-refractivity contribution in [3.63, 3.8) is 0 Å². The summed E-state index contributed by atoms with van der Waals surface area (Å²) in [5.74, 6) is -0.570. The molecule has 0 aliphatic carbocycles. The Morgan fingerprint density at radius 1 is 1.47 bits per heavy atom. The molecule has 1 fully saturated rings. The van der Waals surface area contributed by atoms with Crippen LogP contribution in [0.4, 0.5) is 4.39 Å². The zero-order chi connectivity index (χ0) is 13.3. The molecule has 1 aliphatic heterocycles. The van der Waals surface area contributed by atoms with Crippen LogP contribution in [0.25, 0.3) is 0 Å². The van der Waals surface area contributed by atoms with Crippen molar-refractivity contribution in [3.8, 4) is 0 Å². The summed E-state index contributed by atoms with van der Waals surface area (Å²) in [6.07, 6.45) is 0. The van der Waals surface area contributed by atoms with Gasteiger partial charge in [0.2, 0.25) is 10.0 Å². The second kappa shape index (κ2) is 6.49. The second-order valence-corrected chi connectivity index (χ2v) is 6.99. The minimum absolute atomic E-state index is 0. The molecule has 108 valence electrons. The van der Waals surface area contributed by atoms with Gasteiger partial charge in [-0.15, -0.1) is 12.4 Å². The lowest BCUT2D eigenvalue weighted by atomic mass is 10.3. The van der Waals surface area contributed by atoms with Gasteiger partial charge in [-0.3, -0.25) is 0 Å². The van der Waals surface area contributed by atoms with Crippen molar-refractivity contribution < 1.29 is 12.8 Å². The summed E-state index contributed by atoms with van der Waals surface area (Å²) in [5.41, 5.74) is 0. The first kappa shape index (κ1) is 16.8. The van der Waals surface area contributed by atoms with E-state index >= 15 is 0 Å². The Labute approximate surface area is 127 Å². The number of nitrogens with one attached hydrogen (secondary N) is 1. The maximum absolute atomic E-state index is 13.4. The quantitative estimate of drug-likeness (QED) is 0.862. The summed E-state index contributed by atoms with van der Waals surface area (Å²) in [6, 6.07) is 3.75. The third-order valence-corrected chi connectivity index (χ3v) is 5.59. The monoisotopic (exact) mass is 372 g/mol. The Balaban J connectivity index is 0.00000180. The van der Waals surface area contributed by atoms with Gasteiger partial charge in [-0.05, 0) is 41.1 Å². The van der Waals surface area contributed by atoms with Gasteiger partial charge < -0.3 is 5.32 Å². The molecule has 0 spiro atoms. The Kier molecular flexibility index (Phi) is 5.76. The molecule has 0 amide bonds. The third kappa shape index (κ3) is 3.46. The van der Waals surface area contributed by atoms with E-state index in [2.05, 4.69) is 21.2 Å². The number of benzene rings is 1. The highest BCUT2D eigenvalue weighted by Gasteiger charge is 2.31. The molecule has 1 saturated heterocycles. The Hall–Kier alpha value is -0.210. The van der Waals surface area contributed by atoms with Gasteiger partial charge in [0, 0.05) is 25.7 Å². The van der Waals surface area contributed by atoms with E-state index in [1.807, 2.05) is 6.92 Å². The molecular formula is C11H15BrClFN2O2S. The van der Waals surface area contributed by atoms with Gasteiger partial charge in [0.25, 0.3) is 0 Å². The van der Waals surface area contributed by atoms with Gasteiger partial charge in [-0.2, -0.15) is 4.31 Å². The maximum atomic E-state index is 13.4. The summed E-state index contributed by atoms with van der Waals surface area (Å²) < 4.78 is 39.9. The van der Waals surface area contributed by atoms with Gasteiger partial charge in [0.05, 0.1) is 9.37 Å². The predicted octanol–water partition coefficient (Wildman–Crippen LogP) is 1.99. The van der Waals surface area contributed by atoms with E-state index in [1.165, 1.54) is 16.4 Å². The first-order chi connectivity index (χ1) is 8.43. The summed E-state index contributed by atoms with van der Waals surface area (Å²) in [6.45, 7) is 3.46. The average molecular weight is 374 g/mol. The van der Waals surface area contributed by atoms with Crippen LogP contribution >= 0.6 is 28.3 Å². The number of nitrogens with zero attached hydrogens (tertiary/aromatic N) is 1. The first-order valence-electron chi connectivity index (χ1n) is 5.60. The lowest BCUT2D eigenvalue weighted by Gasteiger charge is -2.32. The molecule has 1 N–H and O–H groups in total. The Bertz CT molecular complexity index is 556. The number of hydrogen-bond donors (Lipinski definition) is 1. The van der Waals surface area contributed by atoms with Crippen LogP contribution in [0.15, 0.2) is 27.6 Å². The average Bonchev–Trinajstić information content (AvgIpc) is 2.33. The van der Waals surface area contributed by atoms with Crippen LogP contribution in [-0.2, 0) is 10.0 Å². The molecule has 0 bridgehead atoms. The summed E-state index contributed by atoms with van der Waals surface area (Å²) in [4.78, 5) is -0.00282. The third-order valence-electron chi connectivity index (χ3n) is 2.94. The van der Waals surface area contributed by atoms with Crippen molar-refractivity contribution >= 4 is 38.4 Å². The molecule has 0 aromatic heterocycles. The van der Waals surface area contributed by atoms with E-state index in [0.29, 0.717) is 19.6 Å². The van der Waals surface area contributed by atoms with Crippen molar-refractivity contribution in [3.05, 3.63) is 28.5 Å². The van der Waals surface area contributed by atoms with Crippen LogP contribution in [-0.4, -0.2) is 38.4 Å². The molecule has 19 heavy (non-hydrogen) atoms. The van der Waals surface area contributed by atoms with E-state index < -0.39 is 15.8 Å². The zero-order valence-electron chi connectivity index (χ0n) is 10.3. The number of rotatable bonds is 2. The van der Waals surface area contributed by atoms with Gasteiger partial charge in [0.15, 0.2) is 0 Å². The van der Waals surface area contributed by atoms with Crippen molar-refractivity contribution in [1.29, 1.82) is 0 Å². The second-order valence-electron chi connectivity index (χ2n) is 4.24. The molecule has 0 saturated carbocycles. The van der Waals surface area contributed by atoms with Crippen LogP contribution in [0.3, 0.4) is 0 Å². The molecule has 1 aromatic carbocycles. The van der Waals surface area contributed by atoms with Gasteiger partial charge in [0.1, 0.15) is 5.82 Å². The molecule has 1 atom stereocenters. The molecule has 4 nitrogen and oxygen atoms in total. The fourth-order valence-corrected chi connectivity index (χ4v) is 3.84. The van der Waals surface area contributed by atoms with Gasteiger partial charge in [-0.1, -0.05) is 0 Å². The summed E-state index contributed by atoms with van der Waals surface area (Å²) in [5, 5.41) is 3.12. The van der Waals surface area contributed by atoms with Crippen molar-refractivity contribution in [2.45, 2.75) is 17.9 Å². The molecule has 1 aromatic rings. The van der Waals surface area contributed by atoms with E-state index in [0.717, 1.165) is 6.07 Å². The maximum Gasteiger partial charge on any atom is 0.243 e. The van der Waals surface area contributed by atoms with E-state index in [9.17, 15) is 12.8 Å². The number of sulfonamides is 1. The SMILES string of the molecule is CC1CNCCN1S(=O)(=O)c1ccc(Br)c(F)c1.Cl. The van der Waals surface area contributed by atoms with Crippen LogP contribution < -0.4 is 5.32 Å². The smallest absolute Gasteiger partial charge is 0.243 e. The van der Waals surface area contributed by atoms with Crippen molar-refractivity contribution in [2.24, 2.45) is 0 Å². The number of halogens is 3. The van der Waals surface area contributed by atoms with Crippen LogP contribution in [0.2, 0.25) is 0 Å². The normalized spacial score (nSPS) is 20.9. The van der Waals surface area contributed by atoms with Crippen molar-refractivity contribution in [2.75, 3.05) is 19.6 Å². The highest BCUT2D eigenvalue weighted by atomic mass is 79.9. The largest absolute Gasteiger partial charge is 0.314 e. The molecule has 1 unspecified atom stereocenters. The lowest BCUT2D eigenvalue weighted by molar-refractivity contribution is 0.283. The van der Waals surface area contributed by atoms with Crippen LogP contribution in [0.5, 0.6) is 0 Å². The van der Waals surface area contributed by atoms with Crippen LogP contribution in [0, 0.1) is 5.82 Å². The summed E-state index contributed by atoms with van der Waals surface area (Å²) >= 11 is 3.01. The Morgan fingerprint density at radius 3 is 2.74 bits per heavy atom. The highest BCUT2D eigenvalue weighted by molar-refractivity contribution is 9.10. The molecular weight excluding hydrogens is 359 g/mol. The highest BCUT2D eigenvalue weighted by Crippen LogP contribution is 2.23. The van der Waals surface area contributed by atoms with E-state index in [1.54, 1.807) is 0 Å². The fraction of sp³-hybridized carbons (Fsp3) is 0.455. The standard InChI is InChI=1S/C11H14BrFN2O2S.ClH/c1-8-7-14-4-5-15(8)18(16,17)9-2-3-10(12)11(13)6-9;/h2-3,6,8,14H,4-5,7H2,1H3;1H. The number of piperazine rings is 1. The predicted molar refractivity (Wildman–Crippen MR) is 77.6 cm³/mol. The molecule has 1 aliphatic rings. The van der Waals surface area contributed by atoms with E-state index in [4.69, 9.17) is 0 Å². The molecule has 2 rings (SSSR count). The zero-order valence-corrected chi connectivity index (χ0v) is 13.5. The minimum atomic E-state index is -3.62. The van der Waals surface area contributed by atoms with E-state index in [-0.39, 0.29) is 27.8 Å². The topological polar surface area (TPSA) is 49.4 Å². The summed E-state index contributed by atoms with van der Waals surface area (Å²) in [7, 11) is -3.62.